The van der Waals surface area contributed by atoms with Crippen molar-refractivity contribution in [3.63, 3.8) is 0 Å². The molecule has 0 spiro atoms. The van der Waals surface area contributed by atoms with Crippen molar-refractivity contribution in [1.82, 2.24) is 4.98 Å². The van der Waals surface area contributed by atoms with E-state index in [1.54, 1.807) is 0 Å². The summed E-state index contributed by atoms with van der Waals surface area (Å²) in [5, 5.41) is 5.82. The highest BCUT2D eigenvalue weighted by Crippen LogP contribution is 2.34. The highest BCUT2D eigenvalue weighted by molar-refractivity contribution is 9.10. The maximum Gasteiger partial charge on any atom is 0.0730 e. The Bertz CT molecular complexity index is 925. The second kappa shape index (κ2) is 5.43. The van der Waals surface area contributed by atoms with E-state index in [1.165, 1.54) is 0 Å². The van der Waals surface area contributed by atoms with Crippen LogP contribution in [0.5, 0.6) is 0 Å². The summed E-state index contributed by atoms with van der Waals surface area (Å²) in [6, 6.07) is 24.6. The van der Waals surface area contributed by atoms with Crippen LogP contribution in [-0.4, -0.2) is 4.98 Å². The molecule has 22 heavy (non-hydrogen) atoms. The summed E-state index contributed by atoms with van der Waals surface area (Å²) in [7, 11) is 0. The zero-order valence-corrected chi connectivity index (χ0v) is 13.3. The van der Waals surface area contributed by atoms with Crippen molar-refractivity contribution in [2.24, 2.45) is 0 Å². The van der Waals surface area contributed by atoms with E-state index in [9.17, 15) is 0 Å². The summed E-state index contributed by atoms with van der Waals surface area (Å²) in [6.07, 6.45) is 0. The first-order valence-corrected chi connectivity index (χ1v) is 7.91. The fraction of sp³-hybridized carbons (Fsp3) is 0. The smallest absolute Gasteiger partial charge is 0.0730 e. The van der Waals surface area contributed by atoms with E-state index in [0.29, 0.717) is 0 Å². The summed E-state index contributed by atoms with van der Waals surface area (Å²) in [5.41, 5.74) is 4.13. The van der Waals surface area contributed by atoms with Crippen LogP contribution in [0.15, 0.2) is 77.3 Å². The summed E-state index contributed by atoms with van der Waals surface area (Å²) < 4.78 is 1.04. The standard InChI is InChI=1S/C19H13BrN2/c20-15-9-3-6-12-18(15)22-19-13-7-1-4-10-16(13)21-17-11-5-2-8-14(17)19/h1-12H,(H,21,22). The van der Waals surface area contributed by atoms with E-state index in [0.717, 1.165) is 37.7 Å². The van der Waals surface area contributed by atoms with Crippen molar-refractivity contribution in [3.05, 3.63) is 77.3 Å². The molecular weight excluding hydrogens is 336 g/mol. The van der Waals surface area contributed by atoms with Crippen molar-refractivity contribution in [1.29, 1.82) is 0 Å². The Labute approximate surface area is 136 Å². The molecule has 3 aromatic carbocycles. The van der Waals surface area contributed by atoms with Crippen LogP contribution < -0.4 is 5.32 Å². The highest BCUT2D eigenvalue weighted by atomic mass is 79.9. The van der Waals surface area contributed by atoms with Crippen LogP contribution in [0.25, 0.3) is 21.8 Å². The number of nitrogens with one attached hydrogen (secondary N) is 1. The van der Waals surface area contributed by atoms with Gasteiger partial charge < -0.3 is 5.32 Å². The van der Waals surface area contributed by atoms with Crippen LogP contribution >= 0.6 is 15.9 Å². The fourth-order valence-electron chi connectivity index (χ4n) is 2.67. The first kappa shape index (κ1) is 13.3. The van der Waals surface area contributed by atoms with E-state index < -0.39 is 0 Å². The van der Waals surface area contributed by atoms with Gasteiger partial charge in [0.25, 0.3) is 0 Å². The molecule has 106 valence electrons. The summed E-state index contributed by atoms with van der Waals surface area (Å²) in [5.74, 6) is 0. The molecule has 0 atom stereocenters. The zero-order valence-electron chi connectivity index (χ0n) is 11.8. The monoisotopic (exact) mass is 348 g/mol. The van der Waals surface area contributed by atoms with Gasteiger partial charge in [0.1, 0.15) is 0 Å². The quantitative estimate of drug-likeness (QED) is 0.456. The van der Waals surface area contributed by atoms with E-state index in [1.807, 2.05) is 54.6 Å². The van der Waals surface area contributed by atoms with Crippen LogP contribution in [0.4, 0.5) is 11.4 Å². The first-order chi connectivity index (χ1) is 10.8. The Morgan fingerprint density at radius 2 is 1.23 bits per heavy atom. The van der Waals surface area contributed by atoms with Gasteiger partial charge in [0.2, 0.25) is 0 Å². The van der Waals surface area contributed by atoms with E-state index in [2.05, 4.69) is 39.4 Å². The number of rotatable bonds is 2. The molecule has 4 rings (SSSR count). The normalized spacial score (nSPS) is 11.0. The number of aromatic nitrogens is 1. The first-order valence-electron chi connectivity index (χ1n) is 7.12. The average Bonchev–Trinajstić information content (AvgIpc) is 2.56. The van der Waals surface area contributed by atoms with Gasteiger partial charge in [-0.25, -0.2) is 4.98 Å². The van der Waals surface area contributed by atoms with Crippen LogP contribution in [0, 0.1) is 0 Å². The number of hydrogen-bond acceptors (Lipinski definition) is 2. The van der Waals surface area contributed by atoms with Gasteiger partial charge in [-0.1, -0.05) is 48.5 Å². The number of halogens is 1. The van der Waals surface area contributed by atoms with Crippen molar-refractivity contribution in [2.45, 2.75) is 0 Å². The molecule has 0 saturated heterocycles. The van der Waals surface area contributed by atoms with Crippen molar-refractivity contribution in [2.75, 3.05) is 5.32 Å². The Balaban J connectivity index is 2.02. The lowest BCUT2D eigenvalue weighted by Crippen LogP contribution is -1.95. The molecule has 0 aliphatic heterocycles. The molecule has 0 unspecified atom stereocenters. The number of benzene rings is 3. The minimum absolute atomic E-state index is 0.996. The van der Waals surface area contributed by atoms with Crippen LogP contribution in [0.2, 0.25) is 0 Å². The van der Waals surface area contributed by atoms with E-state index in [4.69, 9.17) is 4.98 Å². The van der Waals surface area contributed by atoms with Gasteiger partial charge in [-0.2, -0.15) is 0 Å². The molecule has 0 amide bonds. The molecule has 1 heterocycles. The van der Waals surface area contributed by atoms with Crippen molar-refractivity contribution in [3.8, 4) is 0 Å². The predicted octanol–water partition coefficient (Wildman–Crippen LogP) is 5.89. The lowest BCUT2D eigenvalue weighted by molar-refractivity contribution is 1.48. The van der Waals surface area contributed by atoms with E-state index >= 15 is 0 Å². The number of pyridine rings is 1. The summed E-state index contributed by atoms with van der Waals surface area (Å²) in [6.45, 7) is 0. The van der Waals surface area contributed by atoms with Crippen molar-refractivity contribution < 1.29 is 0 Å². The molecule has 2 nitrogen and oxygen atoms in total. The number of hydrogen-bond donors (Lipinski definition) is 1. The third kappa shape index (κ3) is 2.24. The molecule has 1 N–H and O–H groups in total. The van der Waals surface area contributed by atoms with Gasteiger partial charge in [0.15, 0.2) is 0 Å². The van der Waals surface area contributed by atoms with Crippen LogP contribution in [-0.2, 0) is 0 Å². The maximum atomic E-state index is 4.75. The predicted molar refractivity (Wildman–Crippen MR) is 96.7 cm³/mol. The lowest BCUT2D eigenvalue weighted by atomic mass is 10.1. The number of para-hydroxylation sites is 3. The van der Waals surface area contributed by atoms with Crippen LogP contribution in [0.1, 0.15) is 0 Å². The number of nitrogens with zero attached hydrogens (tertiary/aromatic N) is 1. The molecule has 3 heteroatoms. The molecule has 0 radical (unpaired) electrons. The number of fused-ring (bicyclic) bond motifs is 2. The minimum atomic E-state index is 0.996. The summed E-state index contributed by atoms with van der Waals surface area (Å²) in [4.78, 5) is 4.75. The van der Waals surface area contributed by atoms with Gasteiger partial charge in [-0.05, 0) is 40.2 Å². The van der Waals surface area contributed by atoms with Gasteiger partial charge in [-0.3, -0.25) is 0 Å². The van der Waals surface area contributed by atoms with E-state index in [-0.39, 0.29) is 0 Å². The second-order valence-electron chi connectivity index (χ2n) is 5.13. The minimum Gasteiger partial charge on any atom is -0.353 e. The topological polar surface area (TPSA) is 24.9 Å². The Hall–Kier alpha value is -2.39. The van der Waals surface area contributed by atoms with Gasteiger partial charge in [-0.15, -0.1) is 0 Å². The number of anilines is 2. The fourth-order valence-corrected chi connectivity index (χ4v) is 3.06. The SMILES string of the molecule is Brc1ccccc1Nc1c2ccccc2nc2ccccc12. The molecule has 0 fully saturated rings. The highest BCUT2D eigenvalue weighted by Gasteiger charge is 2.09. The largest absolute Gasteiger partial charge is 0.353 e. The Morgan fingerprint density at radius 1 is 0.682 bits per heavy atom. The summed E-state index contributed by atoms with van der Waals surface area (Å²) >= 11 is 3.60. The maximum absolute atomic E-state index is 4.75. The molecule has 0 aliphatic carbocycles. The molecule has 4 aromatic rings. The average molecular weight is 349 g/mol. The Morgan fingerprint density at radius 3 is 1.86 bits per heavy atom. The third-order valence-electron chi connectivity index (χ3n) is 3.72. The second-order valence-corrected chi connectivity index (χ2v) is 5.98. The Kier molecular flexibility index (Phi) is 3.28. The van der Waals surface area contributed by atoms with Crippen LogP contribution in [0.3, 0.4) is 0 Å². The molecule has 1 aromatic heterocycles. The van der Waals surface area contributed by atoms with Gasteiger partial charge in [0.05, 0.1) is 22.4 Å². The van der Waals surface area contributed by atoms with Gasteiger partial charge >= 0.3 is 0 Å². The van der Waals surface area contributed by atoms with Crippen molar-refractivity contribution >= 4 is 49.1 Å². The zero-order chi connectivity index (χ0) is 14.9. The third-order valence-corrected chi connectivity index (χ3v) is 4.41. The lowest BCUT2D eigenvalue weighted by Gasteiger charge is -2.14. The van der Waals surface area contributed by atoms with Gasteiger partial charge in [0, 0.05) is 15.2 Å². The molecule has 0 saturated carbocycles. The molecule has 0 aliphatic rings. The molecular formula is C19H13BrN2. The molecule has 0 bridgehead atoms.